The SMILES string of the molecule is BrCCCCCCCCCCCCCCCCCCCCCCCCCCCCCBr. The fraction of sp³-hybridized carbons (Fsp3) is 1.00. The van der Waals surface area contributed by atoms with Crippen molar-refractivity contribution in [2.45, 2.75) is 173 Å². The summed E-state index contributed by atoms with van der Waals surface area (Å²) in [6.07, 6.45) is 39.6. The molecule has 0 spiro atoms. The van der Waals surface area contributed by atoms with Gasteiger partial charge in [-0.3, -0.25) is 0 Å². The summed E-state index contributed by atoms with van der Waals surface area (Å²) in [7, 11) is 0. The molecule has 0 fully saturated rings. The van der Waals surface area contributed by atoms with E-state index in [1.807, 2.05) is 0 Å². The lowest BCUT2D eigenvalue weighted by Gasteiger charge is -2.04. The predicted octanol–water partition coefficient (Wildman–Crippen LogP) is 12.3. The highest BCUT2D eigenvalue weighted by atomic mass is 79.9. The predicted molar refractivity (Wildman–Crippen MR) is 152 cm³/mol. The average molecular weight is 567 g/mol. The molecule has 0 aliphatic rings. The monoisotopic (exact) mass is 564 g/mol. The van der Waals surface area contributed by atoms with Crippen LogP contribution in [-0.2, 0) is 0 Å². The van der Waals surface area contributed by atoms with Gasteiger partial charge in [0.15, 0.2) is 0 Å². The van der Waals surface area contributed by atoms with Crippen molar-refractivity contribution < 1.29 is 0 Å². The molecule has 31 heavy (non-hydrogen) atoms. The zero-order chi connectivity index (χ0) is 22.5. The summed E-state index contributed by atoms with van der Waals surface area (Å²) in [6.45, 7) is 0. The number of hydrogen-bond donors (Lipinski definition) is 0. The molecule has 188 valence electrons. The maximum Gasteiger partial charge on any atom is 0.00313 e. The molecule has 0 unspecified atom stereocenters. The minimum absolute atomic E-state index is 1.19. The van der Waals surface area contributed by atoms with E-state index in [-0.39, 0.29) is 0 Å². The normalized spacial score (nSPS) is 11.4. The Labute approximate surface area is 215 Å². The van der Waals surface area contributed by atoms with E-state index in [1.165, 1.54) is 184 Å². The first kappa shape index (κ1) is 32.0. The van der Waals surface area contributed by atoms with Gasteiger partial charge in [0, 0.05) is 10.7 Å². The van der Waals surface area contributed by atoms with Crippen LogP contribution in [-0.4, -0.2) is 10.7 Å². The van der Waals surface area contributed by atoms with Crippen LogP contribution in [0.4, 0.5) is 0 Å². The summed E-state index contributed by atoms with van der Waals surface area (Å²) in [4.78, 5) is 0. The third kappa shape index (κ3) is 31.0. The first-order chi connectivity index (χ1) is 15.4. The van der Waals surface area contributed by atoms with Crippen molar-refractivity contribution in [3.8, 4) is 0 Å². The molecule has 2 heteroatoms. The Balaban J connectivity index is 2.98. The van der Waals surface area contributed by atoms with Gasteiger partial charge in [-0.2, -0.15) is 0 Å². The molecule has 0 aliphatic carbocycles. The maximum absolute atomic E-state index is 3.52. The Morgan fingerprint density at radius 2 is 0.258 bits per heavy atom. The summed E-state index contributed by atoms with van der Waals surface area (Å²) in [5, 5.41) is 2.37. The fourth-order valence-electron chi connectivity index (χ4n) is 4.61. The molecule has 0 aromatic heterocycles. The largest absolute Gasteiger partial charge is 0.0928 e. The van der Waals surface area contributed by atoms with Crippen molar-refractivity contribution in [3.63, 3.8) is 0 Å². The molecule has 0 aliphatic heterocycles. The van der Waals surface area contributed by atoms with Crippen LogP contribution in [0, 0.1) is 0 Å². The number of alkyl halides is 2. The zero-order valence-electron chi connectivity index (χ0n) is 21.3. The topological polar surface area (TPSA) is 0 Å². The lowest BCUT2D eigenvalue weighted by atomic mass is 10.0. The second-order valence-electron chi connectivity index (χ2n) is 9.92. The van der Waals surface area contributed by atoms with E-state index in [0.29, 0.717) is 0 Å². The molecule has 0 radical (unpaired) electrons. The van der Waals surface area contributed by atoms with E-state index < -0.39 is 0 Å². The van der Waals surface area contributed by atoms with E-state index in [0.717, 1.165) is 0 Å². The molecule has 0 saturated heterocycles. The summed E-state index contributed by atoms with van der Waals surface area (Å²) in [6, 6.07) is 0. The van der Waals surface area contributed by atoms with Crippen LogP contribution in [0.1, 0.15) is 173 Å². The van der Waals surface area contributed by atoms with Crippen LogP contribution in [0.2, 0.25) is 0 Å². The zero-order valence-corrected chi connectivity index (χ0v) is 24.4. The van der Waals surface area contributed by atoms with Gasteiger partial charge in [-0.1, -0.05) is 192 Å². The van der Waals surface area contributed by atoms with Crippen molar-refractivity contribution in [1.29, 1.82) is 0 Å². The van der Waals surface area contributed by atoms with Crippen molar-refractivity contribution in [2.24, 2.45) is 0 Å². The van der Waals surface area contributed by atoms with Gasteiger partial charge in [-0.15, -0.1) is 0 Å². The molecule has 0 amide bonds. The van der Waals surface area contributed by atoms with Crippen LogP contribution < -0.4 is 0 Å². The summed E-state index contributed by atoms with van der Waals surface area (Å²) in [5.74, 6) is 0. The summed E-state index contributed by atoms with van der Waals surface area (Å²) < 4.78 is 0. The maximum atomic E-state index is 3.52. The minimum atomic E-state index is 1.19. The van der Waals surface area contributed by atoms with Gasteiger partial charge in [0.1, 0.15) is 0 Å². The minimum Gasteiger partial charge on any atom is -0.0928 e. The van der Waals surface area contributed by atoms with Crippen LogP contribution in [0.3, 0.4) is 0 Å². The van der Waals surface area contributed by atoms with Gasteiger partial charge in [-0.05, 0) is 12.8 Å². The molecule has 0 bridgehead atoms. The Kier molecular flexibility index (Phi) is 31.9. The first-order valence-corrected chi connectivity index (χ1v) is 16.8. The quantitative estimate of drug-likeness (QED) is 0.0653. The average Bonchev–Trinajstić information content (AvgIpc) is 2.78. The van der Waals surface area contributed by atoms with E-state index in [9.17, 15) is 0 Å². The standard InChI is InChI=1S/C29H58Br2/c30-28-26-24-22-20-18-16-14-12-10-8-6-4-2-1-3-5-7-9-11-13-15-17-19-21-23-25-27-29-31/h1-29H2. The van der Waals surface area contributed by atoms with Gasteiger partial charge in [-0.25, -0.2) is 0 Å². The molecule has 0 nitrogen and oxygen atoms in total. The van der Waals surface area contributed by atoms with Crippen LogP contribution in [0.5, 0.6) is 0 Å². The second kappa shape index (κ2) is 31.0. The third-order valence-electron chi connectivity index (χ3n) is 6.77. The molecule has 0 rings (SSSR count). The Bertz CT molecular complexity index is 264. The van der Waals surface area contributed by atoms with Crippen molar-refractivity contribution in [2.75, 3.05) is 10.7 Å². The molecular weight excluding hydrogens is 508 g/mol. The summed E-state index contributed by atoms with van der Waals surface area (Å²) in [5.41, 5.74) is 0. The van der Waals surface area contributed by atoms with Crippen LogP contribution >= 0.6 is 31.9 Å². The second-order valence-corrected chi connectivity index (χ2v) is 11.5. The Hall–Kier alpha value is 0.960. The van der Waals surface area contributed by atoms with Crippen LogP contribution in [0.25, 0.3) is 0 Å². The lowest BCUT2D eigenvalue weighted by Crippen LogP contribution is -1.85. The van der Waals surface area contributed by atoms with Gasteiger partial charge in [0.05, 0.1) is 0 Å². The van der Waals surface area contributed by atoms with E-state index >= 15 is 0 Å². The smallest absolute Gasteiger partial charge is 0.00313 e. The van der Waals surface area contributed by atoms with Crippen molar-refractivity contribution in [1.82, 2.24) is 0 Å². The lowest BCUT2D eigenvalue weighted by molar-refractivity contribution is 0.515. The van der Waals surface area contributed by atoms with Gasteiger partial charge >= 0.3 is 0 Å². The Morgan fingerprint density at radius 3 is 0.355 bits per heavy atom. The molecule has 0 aromatic rings. The number of halogens is 2. The first-order valence-electron chi connectivity index (χ1n) is 14.5. The molecule has 0 aromatic carbocycles. The molecule has 0 heterocycles. The van der Waals surface area contributed by atoms with Crippen LogP contribution in [0.15, 0.2) is 0 Å². The highest BCUT2D eigenvalue weighted by Crippen LogP contribution is 2.16. The molecular formula is C29H58Br2. The van der Waals surface area contributed by atoms with Crippen molar-refractivity contribution >= 4 is 31.9 Å². The molecule has 0 atom stereocenters. The number of unbranched alkanes of at least 4 members (excludes halogenated alkanes) is 26. The van der Waals surface area contributed by atoms with Gasteiger partial charge in [0.2, 0.25) is 0 Å². The van der Waals surface area contributed by atoms with Crippen molar-refractivity contribution in [3.05, 3.63) is 0 Å². The van der Waals surface area contributed by atoms with E-state index in [1.54, 1.807) is 0 Å². The summed E-state index contributed by atoms with van der Waals surface area (Å²) >= 11 is 7.03. The molecule has 0 N–H and O–H groups in total. The number of rotatable bonds is 28. The Morgan fingerprint density at radius 1 is 0.161 bits per heavy atom. The van der Waals surface area contributed by atoms with E-state index in [4.69, 9.17) is 0 Å². The highest BCUT2D eigenvalue weighted by Gasteiger charge is 1.96. The van der Waals surface area contributed by atoms with E-state index in [2.05, 4.69) is 31.9 Å². The van der Waals surface area contributed by atoms with Gasteiger partial charge < -0.3 is 0 Å². The third-order valence-corrected chi connectivity index (χ3v) is 7.89. The molecule has 0 saturated carbocycles. The van der Waals surface area contributed by atoms with Gasteiger partial charge in [0.25, 0.3) is 0 Å². The highest BCUT2D eigenvalue weighted by molar-refractivity contribution is 9.09. The fourth-order valence-corrected chi connectivity index (χ4v) is 5.40. The number of hydrogen-bond acceptors (Lipinski definition) is 0.